The second-order valence-electron chi connectivity index (χ2n) is 5.52. The van der Waals surface area contributed by atoms with Gasteiger partial charge in [0.05, 0.1) is 0 Å². The molecule has 0 aromatic carbocycles. The molecule has 0 spiro atoms. The third kappa shape index (κ3) is 1.98. The third-order valence-electron chi connectivity index (χ3n) is 4.49. The van der Waals surface area contributed by atoms with Crippen LogP contribution in [0.4, 0.5) is 0 Å². The van der Waals surface area contributed by atoms with Crippen molar-refractivity contribution in [3.63, 3.8) is 0 Å². The molecule has 0 radical (unpaired) electrons. The van der Waals surface area contributed by atoms with Crippen molar-refractivity contribution in [2.75, 3.05) is 0 Å². The lowest BCUT2D eigenvalue weighted by atomic mass is 9.46. The largest absolute Gasteiger partial charge is 0.341 e. The molecule has 3 atom stereocenters. The van der Waals surface area contributed by atoms with Crippen molar-refractivity contribution in [1.29, 1.82) is 0 Å². The molecule has 0 N–H and O–H groups in total. The predicted molar refractivity (Wildman–Crippen MR) is 66.2 cm³/mol. The van der Waals surface area contributed by atoms with Crippen molar-refractivity contribution in [2.45, 2.75) is 39.2 Å². The van der Waals surface area contributed by atoms with Gasteiger partial charge in [0.25, 0.3) is 0 Å². The van der Waals surface area contributed by atoms with Crippen LogP contribution in [-0.4, -0.2) is 6.00 Å². The molecule has 4 heteroatoms. The molecule has 0 nitrogen and oxygen atoms in total. The first-order chi connectivity index (χ1) is 6.31. The summed E-state index contributed by atoms with van der Waals surface area (Å²) in [4.78, 5) is 0. The van der Waals surface area contributed by atoms with Crippen LogP contribution in [0.1, 0.15) is 33.1 Å². The van der Waals surface area contributed by atoms with Gasteiger partial charge in [0.2, 0.25) is 0 Å². The summed E-state index contributed by atoms with van der Waals surface area (Å²) in [7, 11) is 0. The van der Waals surface area contributed by atoms with Crippen LogP contribution in [0.25, 0.3) is 0 Å². The molecule has 3 unspecified atom stereocenters. The van der Waals surface area contributed by atoms with Gasteiger partial charge in [-0.05, 0) is 42.1 Å². The Bertz CT molecular complexity index is 232. The summed E-state index contributed by atoms with van der Waals surface area (Å²) in [5, 5.41) is 0. The summed E-state index contributed by atoms with van der Waals surface area (Å²) >= 11 is 18.0. The predicted octanol–water partition coefficient (Wildman–Crippen LogP) is 4.71. The lowest BCUT2D eigenvalue weighted by molar-refractivity contribution is -0.0987. The summed E-state index contributed by atoms with van der Waals surface area (Å²) in [6.07, 6.45) is 4.02. The standard InChI is InChI=1S/C10H17Cl3Si/c1-10(2)8-4-3-7(9(10)5-8)6-14(11,12)13/h7-9H,3-6H2,1-2H3. The molecule has 3 saturated carbocycles. The fourth-order valence-corrected chi connectivity index (χ4v) is 6.37. The zero-order chi connectivity index (χ0) is 10.6. The van der Waals surface area contributed by atoms with Crippen LogP contribution in [0.5, 0.6) is 0 Å². The molecule has 0 aromatic heterocycles. The molecule has 0 amide bonds. The van der Waals surface area contributed by atoms with Crippen LogP contribution in [0, 0.1) is 23.2 Å². The maximum absolute atomic E-state index is 6.01. The topological polar surface area (TPSA) is 0 Å². The first-order valence-electron chi connectivity index (χ1n) is 5.37. The Morgan fingerprint density at radius 3 is 2.29 bits per heavy atom. The molecule has 3 aliphatic carbocycles. The fourth-order valence-electron chi connectivity index (χ4n) is 3.50. The van der Waals surface area contributed by atoms with Gasteiger partial charge >= 0.3 is 6.00 Å². The highest BCUT2D eigenvalue weighted by atomic mass is 35.8. The fraction of sp³-hybridized carbons (Fsp3) is 1.00. The van der Waals surface area contributed by atoms with Crippen molar-refractivity contribution < 1.29 is 0 Å². The Kier molecular flexibility index (Phi) is 2.93. The summed E-state index contributed by atoms with van der Waals surface area (Å²) in [6.45, 7) is 4.77. The van der Waals surface area contributed by atoms with Crippen LogP contribution in [0.2, 0.25) is 6.04 Å². The second-order valence-corrected chi connectivity index (χ2v) is 14.7. The van der Waals surface area contributed by atoms with E-state index in [0.717, 1.165) is 17.9 Å². The van der Waals surface area contributed by atoms with Crippen molar-refractivity contribution in [2.24, 2.45) is 23.2 Å². The van der Waals surface area contributed by atoms with Crippen LogP contribution in [0.15, 0.2) is 0 Å². The molecular formula is C10H17Cl3Si. The Labute approximate surface area is 101 Å². The molecule has 0 aliphatic heterocycles. The van der Waals surface area contributed by atoms with E-state index < -0.39 is 6.00 Å². The monoisotopic (exact) mass is 270 g/mol. The summed E-state index contributed by atoms with van der Waals surface area (Å²) in [5.74, 6) is 2.46. The quantitative estimate of drug-likeness (QED) is 0.504. The smallest absolute Gasteiger partial charge is 0.126 e. The number of halogens is 3. The van der Waals surface area contributed by atoms with Crippen LogP contribution in [-0.2, 0) is 0 Å². The van der Waals surface area contributed by atoms with Gasteiger partial charge in [-0.1, -0.05) is 20.3 Å². The van der Waals surface area contributed by atoms with Gasteiger partial charge in [0.15, 0.2) is 0 Å². The van der Waals surface area contributed by atoms with Gasteiger partial charge in [-0.25, -0.2) is 0 Å². The molecule has 3 rings (SSSR count). The average Bonchev–Trinajstić information content (AvgIpc) is 2.00. The van der Waals surface area contributed by atoms with E-state index in [1.807, 2.05) is 0 Å². The van der Waals surface area contributed by atoms with Crippen LogP contribution in [0.3, 0.4) is 0 Å². The van der Waals surface area contributed by atoms with E-state index in [9.17, 15) is 0 Å². The molecule has 0 saturated heterocycles. The minimum atomic E-state index is -2.41. The Morgan fingerprint density at radius 2 is 1.86 bits per heavy atom. The Balaban J connectivity index is 2.01. The normalized spacial score (nSPS) is 40.5. The molecule has 3 aliphatic rings. The van der Waals surface area contributed by atoms with Gasteiger partial charge in [0.1, 0.15) is 0 Å². The second kappa shape index (κ2) is 3.55. The summed E-state index contributed by atoms with van der Waals surface area (Å²) in [5.41, 5.74) is 0.521. The van der Waals surface area contributed by atoms with Crippen molar-refractivity contribution >= 4 is 39.2 Å². The average molecular weight is 272 g/mol. The van der Waals surface area contributed by atoms with Gasteiger partial charge < -0.3 is 0 Å². The van der Waals surface area contributed by atoms with Crippen molar-refractivity contribution in [1.82, 2.24) is 0 Å². The minimum absolute atomic E-state index is 0.521. The highest BCUT2D eigenvalue weighted by Gasteiger charge is 2.55. The number of hydrogen-bond acceptors (Lipinski definition) is 0. The minimum Gasteiger partial charge on any atom is -0.126 e. The Hall–Kier alpha value is 1.09. The zero-order valence-corrected chi connectivity index (χ0v) is 12.0. The number of hydrogen-bond donors (Lipinski definition) is 0. The molecule has 0 aromatic rings. The van der Waals surface area contributed by atoms with Crippen molar-refractivity contribution in [3.05, 3.63) is 0 Å². The van der Waals surface area contributed by atoms with E-state index in [0.29, 0.717) is 11.3 Å². The first kappa shape index (κ1) is 11.6. The van der Waals surface area contributed by atoms with Gasteiger partial charge in [-0.2, -0.15) is 0 Å². The van der Waals surface area contributed by atoms with E-state index in [1.54, 1.807) is 0 Å². The van der Waals surface area contributed by atoms with E-state index >= 15 is 0 Å². The van der Waals surface area contributed by atoms with E-state index in [-0.39, 0.29) is 0 Å². The molecular weight excluding hydrogens is 255 g/mol. The lowest BCUT2D eigenvalue weighted by Gasteiger charge is -2.60. The van der Waals surface area contributed by atoms with Gasteiger partial charge in [-0.3, -0.25) is 0 Å². The molecule has 2 bridgehead atoms. The third-order valence-corrected chi connectivity index (χ3v) is 6.87. The number of rotatable bonds is 2. The zero-order valence-electron chi connectivity index (χ0n) is 8.69. The van der Waals surface area contributed by atoms with Gasteiger partial charge in [-0.15, -0.1) is 33.2 Å². The van der Waals surface area contributed by atoms with E-state index in [1.165, 1.54) is 19.3 Å². The summed E-state index contributed by atoms with van der Waals surface area (Å²) in [6, 6.07) is -1.53. The SMILES string of the molecule is CC1(C)C2CCC(C[Si](Cl)(Cl)Cl)C1C2. The summed E-state index contributed by atoms with van der Waals surface area (Å²) < 4.78 is 0. The molecule has 14 heavy (non-hydrogen) atoms. The molecule has 3 fully saturated rings. The Morgan fingerprint density at radius 1 is 1.21 bits per heavy atom. The molecule has 82 valence electrons. The lowest BCUT2D eigenvalue weighted by Crippen LogP contribution is -2.53. The first-order valence-corrected chi connectivity index (χ1v) is 10.6. The van der Waals surface area contributed by atoms with E-state index in [2.05, 4.69) is 13.8 Å². The highest BCUT2D eigenvalue weighted by molar-refractivity contribution is 7.64. The van der Waals surface area contributed by atoms with Gasteiger partial charge in [0, 0.05) is 0 Å². The number of fused-ring (bicyclic) bond motifs is 2. The maximum Gasteiger partial charge on any atom is 0.341 e. The molecule has 0 heterocycles. The van der Waals surface area contributed by atoms with Crippen LogP contribution < -0.4 is 0 Å². The van der Waals surface area contributed by atoms with Crippen molar-refractivity contribution in [3.8, 4) is 0 Å². The van der Waals surface area contributed by atoms with Crippen LogP contribution >= 0.6 is 33.2 Å². The van der Waals surface area contributed by atoms with E-state index in [4.69, 9.17) is 33.2 Å². The highest BCUT2D eigenvalue weighted by Crippen LogP contribution is 2.63. The maximum atomic E-state index is 6.01.